The summed E-state index contributed by atoms with van der Waals surface area (Å²) in [6, 6.07) is 0. The van der Waals surface area contributed by atoms with Crippen LogP contribution < -0.4 is 4.72 Å². The van der Waals surface area contributed by atoms with E-state index in [2.05, 4.69) is 0 Å². The standard InChI is InChI=1S/C11H22F3NO2S/c1-6-9(2,3)7-10(4,5)8-18(16,17)15-11(12,13)14/h15H,6-8H2,1-5H3. The Kier molecular flexibility index (Phi) is 5.28. The SMILES string of the molecule is CCC(C)(C)CC(C)(C)CS(=O)(=O)NC(F)(F)F. The van der Waals surface area contributed by atoms with Gasteiger partial charge in [-0.05, 0) is 17.3 Å². The fraction of sp³-hybridized carbons (Fsp3) is 1.00. The highest BCUT2D eigenvalue weighted by atomic mass is 32.2. The van der Waals surface area contributed by atoms with E-state index in [4.69, 9.17) is 0 Å². The molecule has 0 aliphatic heterocycles. The first-order valence-electron chi connectivity index (χ1n) is 5.76. The quantitative estimate of drug-likeness (QED) is 0.763. The zero-order chi connectivity index (χ0) is 14.8. The maximum atomic E-state index is 12.0. The first kappa shape index (κ1) is 17.7. The normalized spacial score (nSPS) is 14.9. The van der Waals surface area contributed by atoms with Gasteiger partial charge < -0.3 is 0 Å². The highest BCUT2D eigenvalue weighted by Gasteiger charge is 2.38. The summed E-state index contributed by atoms with van der Waals surface area (Å²) in [4.78, 5) is 0. The predicted molar refractivity (Wildman–Crippen MR) is 65.4 cm³/mol. The molecule has 0 heterocycles. The first-order valence-corrected chi connectivity index (χ1v) is 7.42. The van der Waals surface area contributed by atoms with Crippen LogP contribution in [0.2, 0.25) is 0 Å². The van der Waals surface area contributed by atoms with Crippen molar-refractivity contribution in [2.75, 3.05) is 5.75 Å². The number of rotatable bonds is 6. The lowest BCUT2D eigenvalue weighted by Crippen LogP contribution is -2.42. The van der Waals surface area contributed by atoms with Crippen molar-refractivity contribution in [1.29, 1.82) is 0 Å². The molecule has 0 radical (unpaired) electrons. The fourth-order valence-corrected chi connectivity index (χ4v) is 3.75. The van der Waals surface area contributed by atoms with Gasteiger partial charge in [-0.15, -0.1) is 4.72 Å². The van der Waals surface area contributed by atoms with Gasteiger partial charge in [0.2, 0.25) is 10.0 Å². The molecule has 0 unspecified atom stereocenters. The third kappa shape index (κ3) is 7.92. The summed E-state index contributed by atoms with van der Waals surface area (Å²) in [6.45, 7) is 9.25. The van der Waals surface area contributed by atoms with Crippen molar-refractivity contribution in [3.63, 3.8) is 0 Å². The van der Waals surface area contributed by atoms with Crippen LogP contribution in [0.5, 0.6) is 0 Å². The Hall–Kier alpha value is -0.300. The number of hydrogen-bond acceptors (Lipinski definition) is 2. The third-order valence-corrected chi connectivity index (χ3v) is 4.47. The Morgan fingerprint density at radius 1 is 1.00 bits per heavy atom. The zero-order valence-electron chi connectivity index (χ0n) is 11.5. The molecule has 0 aromatic rings. The Morgan fingerprint density at radius 3 is 1.78 bits per heavy atom. The van der Waals surface area contributed by atoms with E-state index in [0.29, 0.717) is 6.42 Å². The second-order valence-corrected chi connectivity index (χ2v) is 7.94. The van der Waals surface area contributed by atoms with Gasteiger partial charge in [-0.3, -0.25) is 0 Å². The van der Waals surface area contributed by atoms with E-state index in [0.717, 1.165) is 11.1 Å². The summed E-state index contributed by atoms with van der Waals surface area (Å²) in [5, 5.41) is 0. The smallest absolute Gasteiger partial charge is 0.212 e. The average Bonchev–Trinajstić information content (AvgIpc) is 1.93. The van der Waals surface area contributed by atoms with Crippen molar-refractivity contribution in [2.24, 2.45) is 10.8 Å². The van der Waals surface area contributed by atoms with Crippen LogP contribution in [0.25, 0.3) is 0 Å². The zero-order valence-corrected chi connectivity index (χ0v) is 12.3. The minimum atomic E-state index is -4.91. The van der Waals surface area contributed by atoms with Gasteiger partial charge in [-0.25, -0.2) is 8.42 Å². The molecule has 0 amide bonds. The van der Waals surface area contributed by atoms with E-state index < -0.39 is 27.5 Å². The lowest BCUT2D eigenvalue weighted by atomic mass is 9.75. The molecule has 0 aliphatic rings. The summed E-state index contributed by atoms with van der Waals surface area (Å²) >= 11 is 0. The molecule has 0 saturated carbocycles. The second-order valence-electron chi connectivity index (χ2n) is 6.22. The molecule has 0 aromatic carbocycles. The van der Waals surface area contributed by atoms with E-state index >= 15 is 0 Å². The Bertz CT molecular complexity index is 372. The van der Waals surface area contributed by atoms with Crippen molar-refractivity contribution < 1.29 is 21.6 Å². The van der Waals surface area contributed by atoms with Gasteiger partial charge in [0.25, 0.3) is 0 Å². The largest absolute Gasteiger partial charge is 0.470 e. The molecule has 0 fully saturated rings. The van der Waals surface area contributed by atoms with Gasteiger partial charge in [0.05, 0.1) is 5.75 Å². The number of sulfonamides is 1. The summed E-state index contributed by atoms with van der Waals surface area (Å²) in [5.41, 5.74) is -0.812. The molecule has 0 aromatic heterocycles. The molecule has 7 heteroatoms. The van der Waals surface area contributed by atoms with Crippen LogP contribution in [0, 0.1) is 10.8 Å². The van der Waals surface area contributed by atoms with Crippen LogP contribution in [0.15, 0.2) is 0 Å². The molecule has 110 valence electrons. The van der Waals surface area contributed by atoms with Crippen molar-refractivity contribution >= 4 is 10.0 Å². The topological polar surface area (TPSA) is 46.2 Å². The van der Waals surface area contributed by atoms with Gasteiger partial charge in [0, 0.05) is 0 Å². The highest BCUT2D eigenvalue weighted by Crippen LogP contribution is 2.36. The minimum absolute atomic E-state index is 0.0999. The molecule has 3 nitrogen and oxygen atoms in total. The van der Waals surface area contributed by atoms with Crippen molar-refractivity contribution in [1.82, 2.24) is 4.72 Å². The Morgan fingerprint density at radius 2 is 1.44 bits per heavy atom. The third-order valence-electron chi connectivity index (χ3n) is 2.77. The minimum Gasteiger partial charge on any atom is -0.212 e. The highest BCUT2D eigenvalue weighted by molar-refractivity contribution is 7.89. The average molecular weight is 289 g/mol. The fourth-order valence-electron chi connectivity index (χ4n) is 2.20. The van der Waals surface area contributed by atoms with Crippen LogP contribution in [0.4, 0.5) is 13.2 Å². The summed E-state index contributed by atoms with van der Waals surface area (Å²) in [7, 11) is -4.35. The van der Waals surface area contributed by atoms with Crippen molar-refractivity contribution in [3.05, 3.63) is 0 Å². The van der Waals surface area contributed by atoms with Crippen LogP contribution in [-0.4, -0.2) is 20.5 Å². The number of nitrogens with one attached hydrogen (secondary N) is 1. The van der Waals surface area contributed by atoms with E-state index in [1.54, 1.807) is 13.8 Å². The summed E-state index contributed by atoms with van der Waals surface area (Å²) < 4.78 is 59.7. The van der Waals surface area contributed by atoms with Gasteiger partial charge in [0.1, 0.15) is 0 Å². The number of hydrogen-bond donors (Lipinski definition) is 1. The second kappa shape index (κ2) is 5.36. The maximum absolute atomic E-state index is 12.0. The van der Waals surface area contributed by atoms with Gasteiger partial charge in [0.15, 0.2) is 0 Å². The lowest BCUT2D eigenvalue weighted by molar-refractivity contribution is -0.138. The van der Waals surface area contributed by atoms with Gasteiger partial charge in [-0.2, -0.15) is 13.2 Å². The maximum Gasteiger partial charge on any atom is 0.470 e. The summed E-state index contributed by atoms with van der Waals surface area (Å²) in [6.07, 6.45) is -3.53. The molecule has 0 saturated heterocycles. The Labute approximate surface area is 107 Å². The summed E-state index contributed by atoms with van der Waals surface area (Å²) in [5.74, 6) is -0.539. The first-order chi connectivity index (χ1) is 7.68. The van der Waals surface area contributed by atoms with Crippen LogP contribution in [-0.2, 0) is 10.0 Å². The molecule has 0 atom stereocenters. The molecule has 1 N–H and O–H groups in total. The molecular formula is C11H22F3NO2S. The lowest BCUT2D eigenvalue weighted by Gasteiger charge is -2.34. The predicted octanol–water partition coefficient (Wildman–Crippen LogP) is 3.28. The van der Waals surface area contributed by atoms with Crippen molar-refractivity contribution in [2.45, 2.75) is 53.8 Å². The van der Waals surface area contributed by atoms with E-state index in [1.165, 1.54) is 0 Å². The molecule has 0 rings (SSSR count). The van der Waals surface area contributed by atoms with Crippen LogP contribution in [0.1, 0.15) is 47.5 Å². The number of alkyl halides is 3. The molecule has 18 heavy (non-hydrogen) atoms. The van der Waals surface area contributed by atoms with E-state index in [-0.39, 0.29) is 5.41 Å². The Balaban J connectivity index is 4.77. The molecule has 0 aliphatic carbocycles. The van der Waals surface area contributed by atoms with Crippen LogP contribution in [0.3, 0.4) is 0 Å². The monoisotopic (exact) mass is 289 g/mol. The number of halogens is 3. The van der Waals surface area contributed by atoms with Crippen molar-refractivity contribution in [3.8, 4) is 0 Å². The van der Waals surface area contributed by atoms with Gasteiger partial charge >= 0.3 is 6.30 Å². The molecule has 0 spiro atoms. The van der Waals surface area contributed by atoms with Gasteiger partial charge in [-0.1, -0.05) is 41.0 Å². The van der Waals surface area contributed by atoms with Crippen LogP contribution >= 0.6 is 0 Å². The van der Waals surface area contributed by atoms with E-state index in [1.807, 2.05) is 20.8 Å². The molecule has 0 bridgehead atoms. The molecular weight excluding hydrogens is 267 g/mol. The van der Waals surface area contributed by atoms with E-state index in [9.17, 15) is 21.6 Å².